The Morgan fingerprint density at radius 3 is 2.24 bits per heavy atom. The number of rotatable bonds is 5. The Kier molecular flexibility index (Phi) is 13.7. The SMILES string of the molecule is COC1C=COC2(C)Oc3c(C)c(O)c4c(O)c(c5c(c4c3C2=O)=NC2(CCN(CC(C)C)CC2)N=5)CC(=O)/C(C)=C/C=CC(CO)C(O)C(C)C(O)C(C)C(OC(C)=O)C1C. The quantitative estimate of drug-likeness (QED) is 0.270. The van der Waals surface area contributed by atoms with Gasteiger partial charge in [0.15, 0.2) is 11.4 Å². The van der Waals surface area contributed by atoms with Gasteiger partial charge in [-0.2, -0.15) is 0 Å². The molecule has 0 amide bonds. The maximum Gasteiger partial charge on any atom is 0.312 e. The predicted molar refractivity (Wildman–Crippen MR) is 229 cm³/mol. The zero-order valence-corrected chi connectivity index (χ0v) is 37.5. The molecular weight excluding hydrogens is 799 g/mol. The number of esters is 1. The Morgan fingerprint density at radius 2 is 1.63 bits per heavy atom. The van der Waals surface area contributed by atoms with Crippen LogP contribution in [0.5, 0.6) is 17.2 Å². The number of ketones is 2. The van der Waals surface area contributed by atoms with Crippen molar-refractivity contribution >= 4 is 28.3 Å². The van der Waals surface area contributed by atoms with Crippen LogP contribution < -0.4 is 15.5 Å². The Bertz CT molecular complexity index is 2310. The molecule has 338 valence electrons. The number of aliphatic hydroxyl groups excluding tert-OH is 3. The van der Waals surface area contributed by atoms with E-state index in [-0.39, 0.29) is 67.5 Å². The fraction of sp³-hybridized carbons (Fsp3) is 0.596. The van der Waals surface area contributed by atoms with Crippen molar-refractivity contribution in [1.82, 2.24) is 4.90 Å². The number of phenolic OH excluding ortho intramolecular Hbond substituents is 2. The molecule has 15 nitrogen and oxygen atoms in total. The molecule has 4 aliphatic heterocycles. The van der Waals surface area contributed by atoms with Gasteiger partial charge in [0.05, 0.1) is 52.8 Å². The first-order valence-electron chi connectivity index (χ1n) is 21.6. The highest BCUT2D eigenvalue weighted by molar-refractivity contribution is 6.18. The lowest BCUT2D eigenvalue weighted by Gasteiger charge is -2.38. The Morgan fingerprint density at radius 1 is 0.968 bits per heavy atom. The number of hydrogen-bond acceptors (Lipinski definition) is 15. The summed E-state index contributed by atoms with van der Waals surface area (Å²) in [5.41, 5.74) is -0.290. The van der Waals surface area contributed by atoms with Crippen molar-refractivity contribution in [1.29, 1.82) is 0 Å². The number of benzene rings is 2. The van der Waals surface area contributed by atoms with E-state index < -0.39 is 83.6 Å². The summed E-state index contributed by atoms with van der Waals surface area (Å²) < 4.78 is 24.0. The van der Waals surface area contributed by atoms with Crippen LogP contribution in [0.4, 0.5) is 0 Å². The topological polar surface area (TPSA) is 217 Å². The molecule has 0 radical (unpaired) electrons. The summed E-state index contributed by atoms with van der Waals surface area (Å²) in [7, 11) is 1.45. The molecule has 4 aliphatic rings. The van der Waals surface area contributed by atoms with Gasteiger partial charge in [0.2, 0.25) is 0 Å². The molecule has 1 fully saturated rings. The molecule has 4 heterocycles. The van der Waals surface area contributed by atoms with Gasteiger partial charge < -0.3 is 49.4 Å². The molecule has 2 aromatic carbocycles. The van der Waals surface area contributed by atoms with Crippen molar-refractivity contribution < 1.29 is 58.9 Å². The smallest absolute Gasteiger partial charge is 0.312 e. The van der Waals surface area contributed by atoms with E-state index in [1.807, 2.05) is 0 Å². The monoisotopic (exact) mass is 861 g/mol. The molecule has 1 spiro atoms. The van der Waals surface area contributed by atoms with E-state index in [1.165, 1.54) is 39.4 Å². The highest BCUT2D eigenvalue weighted by atomic mass is 16.7. The molecule has 0 aromatic heterocycles. The number of aromatic hydroxyl groups is 2. The van der Waals surface area contributed by atoms with Crippen molar-refractivity contribution in [2.75, 3.05) is 33.4 Å². The van der Waals surface area contributed by atoms with Crippen molar-refractivity contribution in [2.45, 2.75) is 117 Å². The van der Waals surface area contributed by atoms with Crippen LogP contribution in [0.2, 0.25) is 0 Å². The number of Topliss-reactive ketones (excluding diaryl/α,β-unsaturated/α-hetero) is 2. The van der Waals surface area contributed by atoms with Crippen LogP contribution in [-0.2, 0) is 30.2 Å². The number of piperidine rings is 1. The van der Waals surface area contributed by atoms with Gasteiger partial charge in [0.25, 0.3) is 5.78 Å². The molecule has 1 saturated heterocycles. The number of carbonyl (C=O) groups is 3. The van der Waals surface area contributed by atoms with Crippen LogP contribution in [0.1, 0.15) is 89.7 Å². The van der Waals surface area contributed by atoms with E-state index in [0.717, 1.165) is 6.54 Å². The molecule has 0 saturated carbocycles. The molecule has 9 atom stereocenters. The van der Waals surface area contributed by atoms with Crippen LogP contribution in [0.25, 0.3) is 10.8 Å². The minimum absolute atomic E-state index is 0.0451. The van der Waals surface area contributed by atoms with Crippen molar-refractivity contribution in [3.05, 3.63) is 63.5 Å². The number of aliphatic hydroxyl groups is 3. The number of methoxy groups -OCH3 is 1. The molecule has 0 aliphatic carbocycles. The average molecular weight is 862 g/mol. The lowest BCUT2D eigenvalue weighted by Crippen LogP contribution is -2.47. The summed E-state index contributed by atoms with van der Waals surface area (Å²) in [5, 5.41) is 58.0. The maximum atomic E-state index is 14.7. The summed E-state index contributed by atoms with van der Waals surface area (Å²) in [6, 6.07) is 0. The van der Waals surface area contributed by atoms with Gasteiger partial charge in [-0.25, -0.2) is 0 Å². The van der Waals surface area contributed by atoms with Gasteiger partial charge in [0, 0.05) is 100 Å². The molecule has 5 N–H and O–H groups in total. The number of nitrogens with zero attached hydrogens (tertiary/aromatic N) is 3. The maximum absolute atomic E-state index is 14.7. The fourth-order valence-corrected chi connectivity index (χ4v) is 9.46. The summed E-state index contributed by atoms with van der Waals surface area (Å²) in [6.07, 6.45) is 4.00. The van der Waals surface area contributed by atoms with Gasteiger partial charge in [-0.1, -0.05) is 52.8 Å². The van der Waals surface area contributed by atoms with Gasteiger partial charge >= 0.3 is 11.8 Å². The number of fused-ring (bicyclic) bond motifs is 1. The Hall–Kier alpha value is -4.67. The predicted octanol–water partition coefficient (Wildman–Crippen LogP) is 3.89. The van der Waals surface area contributed by atoms with E-state index in [1.54, 1.807) is 46.8 Å². The van der Waals surface area contributed by atoms with Crippen LogP contribution >= 0.6 is 0 Å². The van der Waals surface area contributed by atoms with Crippen LogP contribution in [0, 0.1) is 36.5 Å². The second kappa shape index (κ2) is 18.2. The van der Waals surface area contributed by atoms with Crippen molar-refractivity contribution in [2.24, 2.45) is 39.6 Å². The van der Waals surface area contributed by atoms with Crippen LogP contribution in [-0.4, -0.2) is 117 Å². The number of likely N-dealkylation sites (tertiary alicyclic amines) is 1. The molecule has 6 rings (SSSR count). The fourth-order valence-electron chi connectivity index (χ4n) is 9.46. The van der Waals surface area contributed by atoms with Crippen LogP contribution in [0.3, 0.4) is 0 Å². The van der Waals surface area contributed by atoms with Crippen molar-refractivity contribution in [3.63, 3.8) is 0 Å². The summed E-state index contributed by atoms with van der Waals surface area (Å²) in [6.45, 7) is 17.1. The van der Waals surface area contributed by atoms with Gasteiger partial charge in [-0.3, -0.25) is 24.4 Å². The van der Waals surface area contributed by atoms with Gasteiger partial charge in [-0.15, -0.1) is 0 Å². The number of hydrogen-bond donors (Lipinski definition) is 5. The average Bonchev–Trinajstić information content (AvgIpc) is 3.73. The Balaban J connectivity index is 1.55. The molecule has 62 heavy (non-hydrogen) atoms. The van der Waals surface area contributed by atoms with Crippen LogP contribution in [0.15, 0.2) is 46.1 Å². The second-order valence-corrected chi connectivity index (χ2v) is 18.2. The number of phenols is 2. The lowest BCUT2D eigenvalue weighted by atomic mass is 9.78. The minimum atomic E-state index is -1.96. The molecule has 2 aromatic rings. The third-order valence-electron chi connectivity index (χ3n) is 13.2. The standard InChI is InChI=1S/C47H63N3O12/c1-23(2)21-50-17-15-47(16-18-50)48-37-31-20-32(53)24(3)12-11-13-30(22-51)40(55)26(5)39(54)27(6)43(61-29(8)52)25(4)33(59-10)14-19-60-46(9)45(58)36-34(38(37)49-47)35(42(31)57)41(56)28(7)44(36)62-46/h11-14,19,23,25-27,30,33,39-40,43,51,54-57H,15-18,20-22H2,1-10H3/b13-11?,19-14?,24-12+. The molecular formula is C47H63N3O12. The van der Waals surface area contributed by atoms with Gasteiger partial charge in [-0.05, 0) is 31.4 Å². The first-order chi connectivity index (χ1) is 29.2. The van der Waals surface area contributed by atoms with E-state index in [9.17, 15) is 39.9 Å². The number of ether oxygens (including phenoxy) is 4. The highest BCUT2D eigenvalue weighted by Gasteiger charge is 2.50. The molecule has 15 heteroatoms. The zero-order chi connectivity index (χ0) is 45.6. The summed E-state index contributed by atoms with van der Waals surface area (Å²) >= 11 is 0. The normalized spacial score (nSPS) is 31.4. The first-order valence-corrected chi connectivity index (χ1v) is 21.6. The number of carbonyl (C=O) groups excluding carboxylic acids is 3. The first kappa shape index (κ1) is 46.8. The second-order valence-electron chi connectivity index (χ2n) is 18.2. The molecule has 9 unspecified atom stereocenters. The van der Waals surface area contributed by atoms with Crippen molar-refractivity contribution in [3.8, 4) is 17.2 Å². The number of allylic oxidation sites excluding steroid dienone is 3. The third-order valence-corrected chi connectivity index (χ3v) is 13.2. The Labute approximate surface area is 362 Å². The minimum Gasteiger partial charge on any atom is -0.507 e. The summed E-state index contributed by atoms with van der Waals surface area (Å²) in [5.74, 6) is -6.82. The highest BCUT2D eigenvalue weighted by Crippen LogP contribution is 2.49. The van der Waals surface area contributed by atoms with E-state index in [2.05, 4.69) is 18.7 Å². The van der Waals surface area contributed by atoms with E-state index in [4.69, 9.17) is 28.9 Å². The third kappa shape index (κ3) is 8.66. The largest absolute Gasteiger partial charge is 0.507 e. The van der Waals surface area contributed by atoms with E-state index >= 15 is 0 Å². The zero-order valence-electron chi connectivity index (χ0n) is 37.5. The van der Waals surface area contributed by atoms with E-state index in [0.29, 0.717) is 31.8 Å². The van der Waals surface area contributed by atoms with Gasteiger partial charge in [0.1, 0.15) is 23.4 Å². The molecule has 4 bridgehead atoms. The summed E-state index contributed by atoms with van der Waals surface area (Å²) in [4.78, 5) is 53.9. The lowest BCUT2D eigenvalue weighted by molar-refractivity contribution is -0.160.